The van der Waals surface area contributed by atoms with Crippen molar-refractivity contribution in [1.29, 1.82) is 0 Å². The van der Waals surface area contributed by atoms with Gasteiger partial charge in [0.2, 0.25) is 0 Å². The average Bonchev–Trinajstić information content (AvgIpc) is 3.34. The number of aromatic nitrogens is 2. The van der Waals surface area contributed by atoms with E-state index in [-0.39, 0.29) is 5.56 Å². The predicted octanol–water partition coefficient (Wildman–Crippen LogP) is 3.12. The quantitative estimate of drug-likeness (QED) is 0.600. The van der Waals surface area contributed by atoms with Gasteiger partial charge >= 0.3 is 0 Å². The van der Waals surface area contributed by atoms with Crippen molar-refractivity contribution in [2.45, 2.75) is 32.9 Å². The molecule has 2 aliphatic rings. The van der Waals surface area contributed by atoms with Crippen molar-refractivity contribution in [2.75, 3.05) is 50.7 Å². The molecule has 0 saturated carbocycles. The number of hydrogen-bond donors (Lipinski definition) is 0. The van der Waals surface area contributed by atoms with Gasteiger partial charge in [-0.05, 0) is 68.6 Å². The molecule has 168 valence electrons. The fourth-order valence-corrected chi connectivity index (χ4v) is 5.07. The molecule has 0 atom stereocenters. The number of hydrogen-bond acceptors (Lipinski definition) is 5. The van der Waals surface area contributed by atoms with Gasteiger partial charge in [0.1, 0.15) is 5.82 Å². The monoisotopic (exact) mass is 431 g/mol. The summed E-state index contributed by atoms with van der Waals surface area (Å²) in [6, 6.07) is 14.6. The third-order valence-electron chi connectivity index (χ3n) is 6.90. The van der Waals surface area contributed by atoms with E-state index in [1.54, 1.807) is 0 Å². The van der Waals surface area contributed by atoms with Crippen LogP contribution in [-0.4, -0.2) is 65.2 Å². The van der Waals surface area contributed by atoms with Crippen molar-refractivity contribution in [3.8, 4) is 0 Å². The topological polar surface area (TPSA) is 44.6 Å². The van der Waals surface area contributed by atoms with Crippen LogP contribution in [0, 0.1) is 6.92 Å². The predicted molar refractivity (Wildman–Crippen MR) is 130 cm³/mol. The lowest BCUT2D eigenvalue weighted by Gasteiger charge is -2.35. The first kappa shape index (κ1) is 21.2. The molecule has 32 heavy (non-hydrogen) atoms. The first-order chi connectivity index (χ1) is 15.7. The number of nitrogens with zero attached hydrogens (tertiary/aromatic N) is 5. The highest BCUT2D eigenvalue weighted by atomic mass is 16.1. The summed E-state index contributed by atoms with van der Waals surface area (Å²) in [6.07, 6.45) is 4.40. The average molecular weight is 432 g/mol. The molecule has 4 heterocycles. The summed E-state index contributed by atoms with van der Waals surface area (Å²) in [6.45, 7) is 10.6. The van der Waals surface area contributed by atoms with Crippen LogP contribution < -0.4 is 10.5 Å². The zero-order chi connectivity index (χ0) is 21.9. The number of piperazine rings is 1. The molecule has 2 aliphatic heterocycles. The first-order valence-corrected chi connectivity index (χ1v) is 11.9. The van der Waals surface area contributed by atoms with Gasteiger partial charge in [-0.1, -0.05) is 17.7 Å². The number of pyridine rings is 2. The maximum atomic E-state index is 13.5. The van der Waals surface area contributed by atoms with Crippen molar-refractivity contribution in [1.82, 2.24) is 19.4 Å². The summed E-state index contributed by atoms with van der Waals surface area (Å²) >= 11 is 0. The third kappa shape index (κ3) is 4.57. The van der Waals surface area contributed by atoms with Crippen LogP contribution in [-0.2, 0) is 13.1 Å². The molecule has 2 aromatic heterocycles. The van der Waals surface area contributed by atoms with E-state index in [2.05, 4.69) is 56.9 Å². The lowest BCUT2D eigenvalue weighted by molar-refractivity contribution is 0.247. The second-order valence-corrected chi connectivity index (χ2v) is 9.19. The van der Waals surface area contributed by atoms with Crippen LogP contribution in [0.5, 0.6) is 0 Å². The van der Waals surface area contributed by atoms with Crippen LogP contribution >= 0.6 is 0 Å². The van der Waals surface area contributed by atoms with Gasteiger partial charge in [0.15, 0.2) is 0 Å². The number of aryl methyl sites for hydroxylation is 1. The summed E-state index contributed by atoms with van der Waals surface area (Å²) in [5.41, 5.74) is 3.38. The Morgan fingerprint density at radius 1 is 0.875 bits per heavy atom. The highest BCUT2D eigenvalue weighted by molar-refractivity contribution is 5.80. The smallest absolute Gasteiger partial charge is 0.255 e. The second-order valence-electron chi connectivity index (χ2n) is 9.19. The maximum Gasteiger partial charge on any atom is 0.255 e. The van der Waals surface area contributed by atoms with E-state index >= 15 is 0 Å². The molecule has 0 radical (unpaired) electrons. The molecular formula is C26H33N5O. The van der Waals surface area contributed by atoms with Gasteiger partial charge in [0.25, 0.3) is 5.56 Å². The van der Waals surface area contributed by atoms with E-state index in [9.17, 15) is 4.79 Å². The minimum absolute atomic E-state index is 0.174. The third-order valence-corrected chi connectivity index (χ3v) is 6.90. The summed E-state index contributed by atoms with van der Waals surface area (Å²) in [4.78, 5) is 25.2. The molecule has 2 saturated heterocycles. The van der Waals surface area contributed by atoms with E-state index in [1.807, 2.05) is 22.9 Å². The molecule has 0 bridgehead atoms. The molecule has 6 heteroatoms. The summed E-state index contributed by atoms with van der Waals surface area (Å²) in [7, 11) is 0. The molecule has 0 spiro atoms. The zero-order valence-corrected chi connectivity index (χ0v) is 19.0. The van der Waals surface area contributed by atoms with Crippen molar-refractivity contribution in [2.24, 2.45) is 0 Å². The molecule has 2 fully saturated rings. The van der Waals surface area contributed by atoms with Gasteiger partial charge in [-0.15, -0.1) is 0 Å². The van der Waals surface area contributed by atoms with E-state index in [4.69, 9.17) is 0 Å². The van der Waals surface area contributed by atoms with E-state index in [1.165, 1.54) is 23.8 Å². The van der Waals surface area contributed by atoms with Gasteiger partial charge in [-0.2, -0.15) is 0 Å². The Bertz CT molecular complexity index is 1110. The Hall–Kier alpha value is -2.70. The molecule has 1 aromatic carbocycles. The van der Waals surface area contributed by atoms with Crippen LogP contribution in [0.1, 0.15) is 24.0 Å². The number of benzene rings is 1. The minimum Gasteiger partial charge on any atom is -0.354 e. The largest absolute Gasteiger partial charge is 0.354 e. The number of likely N-dealkylation sites (tertiary alicyclic amines) is 1. The standard InChI is InChI=1S/C26H33N5O/c1-21-7-8-24-22(18-21)19-23(26(32)31(24)17-14-28-10-4-5-11-28)20-29-12-15-30(16-13-29)25-6-2-3-9-27-25/h2-3,6-9,18-19H,4-5,10-17,20H2,1H3. The van der Waals surface area contributed by atoms with Gasteiger partial charge in [-0.25, -0.2) is 4.98 Å². The Morgan fingerprint density at radius 2 is 1.69 bits per heavy atom. The fourth-order valence-electron chi connectivity index (χ4n) is 5.07. The highest BCUT2D eigenvalue weighted by Crippen LogP contribution is 2.19. The molecule has 0 N–H and O–H groups in total. The Kier molecular flexibility index (Phi) is 6.23. The van der Waals surface area contributed by atoms with E-state index in [0.717, 1.165) is 69.3 Å². The lowest BCUT2D eigenvalue weighted by atomic mass is 10.1. The summed E-state index contributed by atoms with van der Waals surface area (Å²) < 4.78 is 2.02. The highest BCUT2D eigenvalue weighted by Gasteiger charge is 2.20. The lowest BCUT2D eigenvalue weighted by Crippen LogP contribution is -2.47. The van der Waals surface area contributed by atoms with Crippen LogP contribution in [0.3, 0.4) is 0 Å². The van der Waals surface area contributed by atoms with E-state index in [0.29, 0.717) is 6.54 Å². The molecule has 6 nitrogen and oxygen atoms in total. The molecule has 0 amide bonds. The van der Waals surface area contributed by atoms with Crippen LogP contribution in [0.25, 0.3) is 10.9 Å². The van der Waals surface area contributed by atoms with Crippen molar-refractivity contribution in [3.05, 3.63) is 70.1 Å². The number of fused-ring (bicyclic) bond motifs is 1. The summed E-state index contributed by atoms with van der Waals surface area (Å²) in [5, 5.41) is 1.17. The van der Waals surface area contributed by atoms with Gasteiger partial charge < -0.3 is 14.4 Å². The molecule has 5 rings (SSSR count). The fraction of sp³-hybridized carbons (Fsp3) is 0.462. The van der Waals surface area contributed by atoms with Crippen LogP contribution in [0.15, 0.2) is 53.5 Å². The Balaban J connectivity index is 1.35. The Labute approximate surface area is 190 Å². The molecular weight excluding hydrogens is 398 g/mol. The summed E-state index contributed by atoms with van der Waals surface area (Å²) in [5.74, 6) is 1.04. The van der Waals surface area contributed by atoms with Gasteiger partial charge in [0.05, 0.1) is 5.52 Å². The maximum absolute atomic E-state index is 13.5. The first-order valence-electron chi connectivity index (χ1n) is 11.9. The van der Waals surface area contributed by atoms with Crippen LogP contribution in [0.2, 0.25) is 0 Å². The zero-order valence-electron chi connectivity index (χ0n) is 19.0. The Morgan fingerprint density at radius 3 is 2.44 bits per heavy atom. The minimum atomic E-state index is 0.174. The second kappa shape index (κ2) is 9.43. The number of rotatable bonds is 6. The SMILES string of the molecule is Cc1ccc2c(c1)cc(CN1CCN(c3ccccn3)CC1)c(=O)n2CCN1CCCC1. The molecule has 3 aromatic rings. The molecule has 0 aliphatic carbocycles. The van der Waals surface area contributed by atoms with Crippen molar-refractivity contribution >= 4 is 16.7 Å². The normalized spacial score (nSPS) is 18.0. The van der Waals surface area contributed by atoms with E-state index < -0.39 is 0 Å². The molecule has 0 unspecified atom stereocenters. The van der Waals surface area contributed by atoms with Crippen molar-refractivity contribution in [3.63, 3.8) is 0 Å². The van der Waals surface area contributed by atoms with Crippen molar-refractivity contribution < 1.29 is 0 Å². The van der Waals surface area contributed by atoms with Gasteiger partial charge in [-0.3, -0.25) is 9.69 Å². The van der Waals surface area contributed by atoms with Gasteiger partial charge in [0, 0.05) is 57.6 Å². The number of anilines is 1. The van der Waals surface area contributed by atoms with Crippen LogP contribution in [0.4, 0.5) is 5.82 Å².